The summed E-state index contributed by atoms with van der Waals surface area (Å²) in [4.78, 5) is 11.3. The second kappa shape index (κ2) is 10.2. The minimum atomic E-state index is -0.994. The number of carbonyl (C=O) groups is 1. The van der Waals surface area contributed by atoms with Crippen LogP contribution in [0.4, 0.5) is 0 Å². The van der Waals surface area contributed by atoms with Crippen LogP contribution < -0.4 is 5.32 Å². The molecule has 1 aromatic heterocycles. The van der Waals surface area contributed by atoms with Crippen LogP contribution in [0, 0.1) is 0 Å². The predicted molar refractivity (Wildman–Crippen MR) is 104 cm³/mol. The lowest BCUT2D eigenvalue weighted by Crippen LogP contribution is -2.53. The van der Waals surface area contributed by atoms with Gasteiger partial charge in [-0.15, -0.1) is 5.10 Å². The number of aliphatic hydroxyl groups excluding tert-OH is 2. The van der Waals surface area contributed by atoms with Crippen molar-refractivity contribution >= 4 is 5.91 Å². The van der Waals surface area contributed by atoms with Crippen molar-refractivity contribution in [2.45, 2.75) is 58.0 Å². The molecule has 0 atom stereocenters. The summed E-state index contributed by atoms with van der Waals surface area (Å²) in [6.07, 6.45) is 6.51. The lowest BCUT2D eigenvalue weighted by Gasteiger charge is -2.30. The maximum atomic E-state index is 11.3. The van der Waals surface area contributed by atoms with E-state index in [0.29, 0.717) is 12.8 Å². The van der Waals surface area contributed by atoms with E-state index in [1.165, 1.54) is 19.8 Å². The van der Waals surface area contributed by atoms with Crippen molar-refractivity contribution in [3.8, 4) is 11.3 Å². The first-order valence-electron chi connectivity index (χ1n) is 9.52. The molecule has 0 spiro atoms. The molecule has 27 heavy (non-hydrogen) atoms. The Kier molecular flexibility index (Phi) is 7.94. The number of hydrogen-bond acceptors (Lipinski definition) is 5. The number of aromatic nitrogens is 3. The van der Waals surface area contributed by atoms with Gasteiger partial charge in [-0.1, -0.05) is 49.2 Å². The summed E-state index contributed by atoms with van der Waals surface area (Å²) in [7, 11) is 0. The topological polar surface area (TPSA) is 100 Å². The van der Waals surface area contributed by atoms with Gasteiger partial charge in [0.05, 0.1) is 24.9 Å². The summed E-state index contributed by atoms with van der Waals surface area (Å²) in [5, 5.41) is 30.2. The van der Waals surface area contributed by atoms with Crippen molar-refractivity contribution in [1.29, 1.82) is 0 Å². The number of benzene rings is 1. The number of hydrogen-bond donors (Lipinski definition) is 3. The Hall–Kier alpha value is -2.25. The molecule has 1 aromatic carbocycles. The normalized spacial score (nSPS) is 11.6. The molecule has 0 bridgehead atoms. The Morgan fingerprint density at radius 2 is 1.89 bits per heavy atom. The van der Waals surface area contributed by atoms with Gasteiger partial charge in [0, 0.05) is 19.0 Å². The van der Waals surface area contributed by atoms with E-state index < -0.39 is 5.54 Å². The highest BCUT2D eigenvalue weighted by Crippen LogP contribution is 2.20. The van der Waals surface area contributed by atoms with Crippen molar-refractivity contribution in [2.24, 2.45) is 0 Å². The minimum Gasteiger partial charge on any atom is -0.394 e. The van der Waals surface area contributed by atoms with E-state index in [4.69, 9.17) is 0 Å². The summed E-state index contributed by atoms with van der Waals surface area (Å²) in [6, 6.07) is 7.98. The largest absolute Gasteiger partial charge is 0.394 e. The number of aliphatic hydroxyl groups is 2. The number of aryl methyl sites for hydroxylation is 2. The third kappa shape index (κ3) is 6.15. The summed E-state index contributed by atoms with van der Waals surface area (Å²) in [5.41, 5.74) is 1.91. The first kappa shape index (κ1) is 21.1. The van der Waals surface area contributed by atoms with Crippen LogP contribution in [0.5, 0.6) is 0 Å². The third-order valence-electron chi connectivity index (χ3n) is 4.72. The summed E-state index contributed by atoms with van der Waals surface area (Å²) < 4.78 is 1.88. The molecule has 0 unspecified atom stereocenters. The van der Waals surface area contributed by atoms with Crippen LogP contribution in [0.25, 0.3) is 11.3 Å². The molecule has 7 heteroatoms. The van der Waals surface area contributed by atoms with Gasteiger partial charge in [0.1, 0.15) is 5.69 Å². The van der Waals surface area contributed by atoms with Crippen molar-refractivity contribution < 1.29 is 15.0 Å². The maximum absolute atomic E-state index is 11.3. The lowest BCUT2D eigenvalue weighted by molar-refractivity contribution is -0.122. The van der Waals surface area contributed by atoms with Crippen LogP contribution in [0.15, 0.2) is 30.5 Å². The molecule has 2 aromatic rings. The molecule has 0 fully saturated rings. The number of carbonyl (C=O) groups excluding carboxylic acids is 1. The third-order valence-corrected chi connectivity index (χ3v) is 4.72. The summed E-state index contributed by atoms with van der Waals surface area (Å²) >= 11 is 0. The SMILES string of the molecule is CCCCCn1cc(-c2ccc(CCC(CO)(CO)NC(C)=O)cc2)nn1. The number of rotatable bonds is 11. The first-order valence-corrected chi connectivity index (χ1v) is 9.52. The molecular formula is C20H30N4O3. The molecule has 0 radical (unpaired) electrons. The number of amides is 1. The summed E-state index contributed by atoms with van der Waals surface area (Å²) in [5.74, 6) is -0.268. The van der Waals surface area contributed by atoms with Crippen LogP contribution in [0.3, 0.4) is 0 Å². The second-order valence-corrected chi connectivity index (χ2v) is 7.05. The van der Waals surface area contributed by atoms with Crippen LogP contribution in [-0.4, -0.2) is 49.9 Å². The lowest BCUT2D eigenvalue weighted by atomic mass is 9.92. The number of nitrogens with one attached hydrogen (secondary N) is 1. The van der Waals surface area contributed by atoms with Crippen LogP contribution in [0.1, 0.15) is 45.1 Å². The molecule has 7 nitrogen and oxygen atoms in total. The highest BCUT2D eigenvalue weighted by atomic mass is 16.3. The summed E-state index contributed by atoms with van der Waals surface area (Å²) in [6.45, 7) is 3.83. The van der Waals surface area contributed by atoms with E-state index in [-0.39, 0.29) is 19.1 Å². The van der Waals surface area contributed by atoms with Crippen LogP contribution >= 0.6 is 0 Å². The highest BCUT2D eigenvalue weighted by molar-refractivity contribution is 5.73. The zero-order valence-corrected chi connectivity index (χ0v) is 16.2. The van der Waals surface area contributed by atoms with E-state index in [2.05, 4.69) is 22.6 Å². The Bertz CT molecular complexity index is 708. The van der Waals surface area contributed by atoms with E-state index in [9.17, 15) is 15.0 Å². The van der Waals surface area contributed by atoms with E-state index in [1.807, 2.05) is 35.1 Å². The zero-order valence-electron chi connectivity index (χ0n) is 16.2. The number of unbranched alkanes of at least 4 members (excludes halogenated alkanes) is 2. The fraction of sp³-hybridized carbons (Fsp3) is 0.550. The molecule has 0 aliphatic carbocycles. The van der Waals surface area contributed by atoms with Gasteiger partial charge < -0.3 is 15.5 Å². The van der Waals surface area contributed by atoms with Crippen LogP contribution in [-0.2, 0) is 17.8 Å². The smallest absolute Gasteiger partial charge is 0.217 e. The standard InChI is InChI=1S/C20H30N4O3/c1-3-4-5-12-24-13-19(22-23-24)18-8-6-17(7-9-18)10-11-20(14-25,15-26)21-16(2)27/h6-9,13,25-26H,3-5,10-12,14-15H2,1-2H3,(H,21,27). The Labute approximate surface area is 160 Å². The highest BCUT2D eigenvalue weighted by Gasteiger charge is 2.29. The number of nitrogens with zero attached hydrogens (tertiary/aromatic N) is 3. The molecular weight excluding hydrogens is 344 g/mol. The Balaban J connectivity index is 1.97. The average Bonchev–Trinajstić information content (AvgIpc) is 3.14. The average molecular weight is 374 g/mol. The van der Waals surface area contributed by atoms with Crippen molar-refractivity contribution in [3.05, 3.63) is 36.0 Å². The van der Waals surface area contributed by atoms with Gasteiger partial charge >= 0.3 is 0 Å². The van der Waals surface area contributed by atoms with Crippen molar-refractivity contribution in [3.63, 3.8) is 0 Å². The van der Waals surface area contributed by atoms with Gasteiger partial charge in [0.2, 0.25) is 5.91 Å². The van der Waals surface area contributed by atoms with E-state index >= 15 is 0 Å². The fourth-order valence-electron chi connectivity index (χ4n) is 3.01. The van der Waals surface area contributed by atoms with Gasteiger partial charge in [-0.3, -0.25) is 9.48 Å². The quantitative estimate of drug-likeness (QED) is 0.522. The monoisotopic (exact) mass is 374 g/mol. The van der Waals surface area contributed by atoms with Crippen molar-refractivity contribution in [2.75, 3.05) is 13.2 Å². The Morgan fingerprint density at radius 3 is 2.48 bits per heavy atom. The molecule has 2 rings (SSSR count). The van der Waals surface area contributed by atoms with Crippen LogP contribution in [0.2, 0.25) is 0 Å². The minimum absolute atomic E-state index is 0.268. The molecule has 1 heterocycles. The first-order chi connectivity index (χ1) is 13.0. The zero-order chi connectivity index (χ0) is 19.7. The Morgan fingerprint density at radius 1 is 1.19 bits per heavy atom. The van der Waals surface area contributed by atoms with Crippen molar-refractivity contribution in [1.82, 2.24) is 20.3 Å². The molecule has 148 valence electrons. The molecule has 1 amide bonds. The van der Waals surface area contributed by atoms with Gasteiger partial charge in [-0.2, -0.15) is 0 Å². The molecule has 0 aliphatic rings. The van der Waals surface area contributed by atoms with Gasteiger partial charge in [-0.05, 0) is 24.8 Å². The maximum Gasteiger partial charge on any atom is 0.217 e. The van der Waals surface area contributed by atoms with E-state index in [0.717, 1.165) is 29.8 Å². The molecule has 3 N–H and O–H groups in total. The molecule has 0 aliphatic heterocycles. The predicted octanol–water partition coefficient (Wildman–Crippen LogP) is 1.93. The molecule has 0 saturated heterocycles. The van der Waals surface area contributed by atoms with Gasteiger partial charge in [-0.25, -0.2) is 0 Å². The molecule has 0 saturated carbocycles. The van der Waals surface area contributed by atoms with Gasteiger partial charge in [0.15, 0.2) is 0 Å². The van der Waals surface area contributed by atoms with Gasteiger partial charge in [0.25, 0.3) is 0 Å². The van der Waals surface area contributed by atoms with E-state index in [1.54, 1.807) is 0 Å². The second-order valence-electron chi connectivity index (χ2n) is 7.05. The fourth-order valence-corrected chi connectivity index (χ4v) is 3.01.